The molecule has 2 N–H and O–H groups in total. The first kappa shape index (κ1) is 17.8. The van der Waals surface area contributed by atoms with Crippen LogP contribution in [0.4, 0.5) is 11.6 Å². The van der Waals surface area contributed by atoms with Gasteiger partial charge in [-0.25, -0.2) is 9.97 Å². The Morgan fingerprint density at radius 2 is 1.79 bits per heavy atom. The average molecular weight is 426 g/mol. The topological polar surface area (TPSA) is 88.7 Å². The number of aromatic nitrogens is 4. The van der Waals surface area contributed by atoms with E-state index in [0.29, 0.717) is 55.2 Å². The summed E-state index contributed by atoms with van der Waals surface area (Å²) in [6.45, 7) is 0. The predicted octanol–water partition coefficient (Wildman–Crippen LogP) is 5.12. The van der Waals surface area contributed by atoms with E-state index in [1.807, 2.05) is 13.1 Å². The third-order valence-corrected chi connectivity index (χ3v) is 5.29. The number of hydrogen-bond donors (Lipinski definition) is 2. The van der Waals surface area contributed by atoms with Crippen molar-refractivity contribution in [2.75, 3.05) is 5.32 Å². The predicted molar refractivity (Wildman–Crippen MR) is 114 cm³/mol. The summed E-state index contributed by atoms with van der Waals surface area (Å²) in [5, 5.41) is 4.53. The molecule has 0 saturated heterocycles. The lowest BCUT2D eigenvalue weighted by molar-refractivity contribution is 0.577. The maximum atomic E-state index is 12.9. The zero-order valence-electron chi connectivity index (χ0n) is 15.0. The molecule has 0 spiro atoms. The van der Waals surface area contributed by atoms with Crippen molar-refractivity contribution in [3.63, 3.8) is 0 Å². The van der Waals surface area contributed by atoms with Crippen LogP contribution < -0.4 is 10.9 Å². The van der Waals surface area contributed by atoms with Gasteiger partial charge in [0.2, 0.25) is 5.95 Å². The number of para-hydroxylation sites is 1. The molecule has 7 nitrogen and oxygen atoms in total. The van der Waals surface area contributed by atoms with Crippen LogP contribution in [0.2, 0.25) is 10.0 Å². The fraction of sp³-hybridized carbons (Fsp3) is 0.0500. The molecule has 0 aliphatic heterocycles. The smallest absolute Gasteiger partial charge is 0.261 e. The molecule has 0 saturated carbocycles. The fourth-order valence-electron chi connectivity index (χ4n) is 3.30. The zero-order chi connectivity index (χ0) is 20.1. The highest BCUT2D eigenvalue weighted by Crippen LogP contribution is 2.34. The number of hydrogen-bond acceptors (Lipinski definition) is 5. The van der Waals surface area contributed by atoms with Crippen LogP contribution in [0.15, 0.2) is 57.9 Å². The molecule has 0 unspecified atom stereocenters. The third-order valence-electron chi connectivity index (χ3n) is 4.66. The molecule has 0 amide bonds. The molecule has 0 radical (unpaired) electrons. The number of imidazole rings is 1. The van der Waals surface area contributed by atoms with E-state index in [9.17, 15) is 4.79 Å². The molecule has 0 bridgehead atoms. The molecular weight excluding hydrogens is 413 g/mol. The van der Waals surface area contributed by atoms with Gasteiger partial charge < -0.3 is 19.3 Å². The summed E-state index contributed by atoms with van der Waals surface area (Å²) in [5.74, 6) is 1.36. The van der Waals surface area contributed by atoms with Crippen LogP contribution in [0, 0.1) is 0 Å². The second-order valence-corrected chi connectivity index (χ2v) is 7.25. The van der Waals surface area contributed by atoms with Crippen LogP contribution in [0.3, 0.4) is 0 Å². The van der Waals surface area contributed by atoms with Gasteiger partial charge in [-0.1, -0.05) is 29.3 Å². The Kier molecular flexibility index (Phi) is 4.08. The standard InChI is InChI=1S/C20H13Cl2N5O2/c1-27-17-13(24-20(27)25-16-10(21)4-2-5-11(16)22)8-7-12-15(17)19(28)26-18(23-12)14-6-3-9-29-14/h2-9H,1H3,(H,24,25)(H,23,26,28). The number of aromatic amines is 1. The molecule has 2 aromatic carbocycles. The molecule has 0 fully saturated rings. The first-order chi connectivity index (χ1) is 14.0. The minimum Gasteiger partial charge on any atom is -0.461 e. The van der Waals surface area contributed by atoms with Crippen molar-refractivity contribution in [3.8, 4) is 11.6 Å². The van der Waals surface area contributed by atoms with Crippen molar-refractivity contribution in [1.29, 1.82) is 0 Å². The number of H-pyrrole nitrogens is 1. The summed E-state index contributed by atoms with van der Waals surface area (Å²) < 4.78 is 7.12. The molecule has 3 heterocycles. The van der Waals surface area contributed by atoms with Crippen LogP contribution in [0.1, 0.15) is 0 Å². The van der Waals surface area contributed by atoms with Crippen LogP contribution >= 0.6 is 23.2 Å². The second-order valence-electron chi connectivity index (χ2n) is 6.44. The monoisotopic (exact) mass is 425 g/mol. The SMILES string of the molecule is Cn1c(Nc2c(Cl)cccc2Cl)nc2ccc3nc(-c4ccco4)[nH]c(=O)c3c21. The van der Waals surface area contributed by atoms with E-state index in [4.69, 9.17) is 27.6 Å². The summed E-state index contributed by atoms with van der Waals surface area (Å²) in [6, 6.07) is 12.3. The summed E-state index contributed by atoms with van der Waals surface area (Å²) in [6.07, 6.45) is 1.53. The van der Waals surface area contributed by atoms with Gasteiger partial charge >= 0.3 is 0 Å². The van der Waals surface area contributed by atoms with E-state index < -0.39 is 0 Å². The largest absolute Gasteiger partial charge is 0.461 e. The van der Waals surface area contributed by atoms with E-state index in [-0.39, 0.29) is 5.56 Å². The molecule has 0 aliphatic rings. The van der Waals surface area contributed by atoms with Crippen molar-refractivity contribution in [2.24, 2.45) is 7.05 Å². The Morgan fingerprint density at radius 1 is 1.03 bits per heavy atom. The molecule has 144 valence electrons. The Hall–Kier alpha value is -3.29. The fourth-order valence-corrected chi connectivity index (χ4v) is 3.79. The van der Waals surface area contributed by atoms with E-state index in [0.717, 1.165) is 0 Å². The molecular formula is C20H13Cl2N5O2. The minimum atomic E-state index is -0.280. The van der Waals surface area contributed by atoms with Crippen LogP contribution in [0.25, 0.3) is 33.5 Å². The zero-order valence-corrected chi connectivity index (χ0v) is 16.5. The van der Waals surface area contributed by atoms with Gasteiger partial charge in [0.25, 0.3) is 5.56 Å². The van der Waals surface area contributed by atoms with Gasteiger partial charge in [0.15, 0.2) is 11.6 Å². The van der Waals surface area contributed by atoms with Gasteiger partial charge in [-0.2, -0.15) is 0 Å². The number of rotatable bonds is 3. The van der Waals surface area contributed by atoms with Crippen LogP contribution in [0.5, 0.6) is 0 Å². The number of halogens is 2. The number of nitrogens with zero attached hydrogens (tertiary/aromatic N) is 3. The van der Waals surface area contributed by atoms with E-state index in [1.54, 1.807) is 41.0 Å². The highest BCUT2D eigenvalue weighted by atomic mass is 35.5. The summed E-state index contributed by atoms with van der Waals surface area (Å²) in [7, 11) is 1.81. The molecule has 5 rings (SSSR count). The quantitative estimate of drug-likeness (QED) is 0.418. The van der Waals surface area contributed by atoms with Crippen LogP contribution in [-0.4, -0.2) is 19.5 Å². The highest BCUT2D eigenvalue weighted by molar-refractivity contribution is 6.39. The van der Waals surface area contributed by atoms with Gasteiger partial charge in [0, 0.05) is 7.05 Å². The van der Waals surface area contributed by atoms with Crippen molar-refractivity contribution >= 4 is 56.8 Å². The van der Waals surface area contributed by atoms with Gasteiger partial charge in [0.05, 0.1) is 43.9 Å². The number of furan rings is 1. The maximum Gasteiger partial charge on any atom is 0.261 e. The lowest BCUT2D eigenvalue weighted by atomic mass is 10.2. The van der Waals surface area contributed by atoms with Gasteiger partial charge in [-0.05, 0) is 36.4 Å². The molecule has 0 aliphatic carbocycles. The van der Waals surface area contributed by atoms with Crippen molar-refractivity contribution in [1.82, 2.24) is 19.5 Å². The summed E-state index contributed by atoms with van der Waals surface area (Å²) in [4.78, 5) is 24.8. The first-order valence-corrected chi connectivity index (χ1v) is 9.43. The first-order valence-electron chi connectivity index (χ1n) is 8.67. The van der Waals surface area contributed by atoms with Gasteiger partial charge in [0.1, 0.15) is 0 Å². The van der Waals surface area contributed by atoms with E-state index in [1.165, 1.54) is 6.26 Å². The summed E-state index contributed by atoms with van der Waals surface area (Å²) in [5.41, 5.74) is 2.10. The number of nitrogens with one attached hydrogen (secondary N) is 2. The number of fused-ring (bicyclic) bond motifs is 3. The average Bonchev–Trinajstić information content (AvgIpc) is 3.33. The van der Waals surface area contributed by atoms with Gasteiger partial charge in [-0.15, -0.1) is 0 Å². The molecule has 0 atom stereocenters. The normalized spacial score (nSPS) is 11.4. The Labute approximate surface area is 173 Å². The second kappa shape index (κ2) is 6.65. The number of anilines is 2. The minimum absolute atomic E-state index is 0.280. The van der Waals surface area contributed by atoms with Crippen molar-refractivity contribution in [2.45, 2.75) is 0 Å². The van der Waals surface area contributed by atoms with Gasteiger partial charge in [-0.3, -0.25) is 4.79 Å². The molecule has 29 heavy (non-hydrogen) atoms. The lowest BCUT2D eigenvalue weighted by Crippen LogP contribution is -2.11. The molecule has 9 heteroatoms. The Balaban J connectivity index is 1.71. The maximum absolute atomic E-state index is 12.9. The Bertz CT molecular complexity index is 1420. The van der Waals surface area contributed by atoms with Crippen molar-refractivity contribution < 1.29 is 4.42 Å². The Morgan fingerprint density at radius 3 is 2.52 bits per heavy atom. The highest BCUT2D eigenvalue weighted by Gasteiger charge is 2.17. The molecule has 3 aromatic heterocycles. The number of benzene rings is 2. The lowest BCUT2D eigenvalue weighted by Gasteiger charge is -2.10. The summed E-state index contributed by atoms with van der Waals surface area (Å²) >= 11 is 12.5. The number of aryl methyl sites for hydroxylation is 1. The van der Waals surface area contributed by atoms with E-state index in [2.05, 4.69) is 20.3 Å². The molecule has 5 aromatic rings. The van der Waals surface area contributed by atoms with Crippen molar-refractivity contribution in [3.05, 3.63) is 69.1 Å². The van der Waals surface area contributed by atoms with E-state index >= 15 is 0 Å². The van der Waals surface area contributed by atoms with Crippen LogP contribution in [-0.2, 0) is 7.05 Å². The third kappa shape index (κ3) is 2.86.